The van der Waals surface area contributed by atoms with E-state index in [1.54, 1.807) is 36.4 Å². The van der Waals surface area contributed by atoms with Gasteiger partial charge in [-0.05, 0) is 31.2 Å². The van der Waals surface area contributed by atoms with Gasteiger partial charge in [-0.25, -0.2) is 4.79 Å². The van der Waals surface area contributed by atoms with E-state index < -0.39 is 23.8 Å². The van der Waals surface area contributed by atoms with Gasteiger partial charge in [0.2, 0.25) is 0 Å². The van der Waals surface area contributed by atoms with Gasteiger partial charge in [0, 0.05) is 9.79 Å². The Labute approximate surface area is 150 Å². The van der Waals surface area contributed by atoms with Gasteiger partial charge < -0.3 is 5.11 Å². The van der Waals surface area contributed by atoms with E-state index in [-0.39, 0.29) is 11.1 Å². The highest BCUT2D eigenvalue weighted by molar-refractivity contribution is 7.80. The number of thiol groups is 2. The minimum absolute atomic E-state index is 0.152. The van der Waals surface area contributed by atoms with E-state index in [1.165, 1.54) is 19.1 Å². The first kappa shape index (κ1) is 18.1. The van der Waals surface area contributed by atoms with Crippen LogP contribution < -0.4 is 0 Å². The van der Waals surface area contributed by atoms with E-state index in [0.717, 1.165) is 0 Å². The Hall–Kier alpha value is -2.25. The normalized spacial score (nSPS) is 11.6. The molecule has 0 unspecified atom stereocenters. The molecule has 7 heteroatoms. The molecule has 24 heavy (non-hydrogen) atoms. The second kappa shape index (κ2) is 7.55. The van der Waals surface area contributed by atoms with Crippen molar-refractivity contribution in [2.75, 3.05) is 0 Å². The van der Waals surface area contributed by atoms with Crippen molar-refractivity contribution < 1.29 is 19.5 Å². The van der Waals surface area contributed by atoms with Crippen LogP contribution in [-0.4, -0.2) is 33.8 Å². The first-order valence-electron chi connectivity index (χ1n) is 7.01. The number of carbonyl (C=O) groups is 3. The zero-order valence-electron chi connectivity index (χ0n) is 12.7. The van der Waals surface area contributed by atoms with E-state index in [0.29, 0.717) is 14.7 Å². The number of carbonyl (C=O) groups excluding carboxylic acids is 2. The Kier molecular flexibility index (Phi) is 5.69. The van der Waals surface area contributed by atoms with Crippen molar-refractivity contribution in [2.45, 2.75) is 22.8 Å². The van der Waals surface area contributed by atoms with Gasteiger partial charge in [0.05, 0.1) is 11.1 Å². The molecule has 2 aromatic rings. The van der Waals surface area contributed by atoms with E-state index in [4.69, 9.17) is 0 Å². The van der Waals surface area contributed by atoms with Crippen molar-refractivity contribution in [2.24, 2.45) is 0 Å². The van der Waals surface area contributed by atoms with Gasteiger partial charge in [0.25, 0.3) is 11.8 Å². The molecule has 2 rings (SSSR count). The fourth-order valence-electron chi connectivity index (χ4n) is 2.12. The lowest BCUT2D eigenvalue weighted by atomic mass is 10.1. The molecule has 124 valence electrons. The zero-order valence-corrected chi connectivity index (χ0v) is 14.5. The molecule has 0 heterocycles. The predicted molar refractivity (Wildman–Crippen MR) is 95.0 cm³/mol. The Morgan fingerprint density at radius 3 is 1.58 bits per heavy atom. The van der Waals surface area contributed by atoms with E-state index >= 15 is 0 Å². The van der Waals surface area contributed by atoms with Crippen LogP contribution in [0, 0.1) is 0 Å². The van der Waals surface area contributed by atoms with Gasteiger partial charge >= 0.3 is 5.97 Å². The molecule has 0 bridgehead atoms. The number of carboxylic acid groups (broad SMARTS) is 1. The predicted octanol–water partition coefficient (Wildman–Crippen LogP) is 3.02. The van der Waals surface area contributed by atoms with Crippen LogP contribution in [-0.2, 0) is 4.79 Å². The smallest absolute Gasteiger partial charge is 0.326 e. The Bertz CT molecular complexity index is 749. The summed E-state index contributed by atoms with van der Waals surface area (Å²) in [7, 11) is 0. The lowest BCUT2D eigenvalue weighted by Crippen LogP contribution is -2.47. The Balaban J connectivity index is 2.52. The summed E-state index contributed by atoms with van der Waals surface area (Å²) in [6.45, 7) is 1.28. The monoisotopic (exact) mass is 361 g/mol. The summed E-state index contributed by atoms with van der Waals surface area (Å²) in [5, 5.41) is 9.30. The summed E-state index contributed by atoms with van der Waals surface area (Å²) in [6, 6.07) is 11.4. The number of hydrogen-bond acceptors (Lipinski definition) is 5. The molecule has 2 amide bonds. The van der Waals surface area contributed by atoms with Crippen molar-refractivity contribution in [3.8, 4) is 0 Å². The summed E-state index contributed by atoms with van der Waals surface area (Å²) in [4.78, 5) is 38.4. The lowest BCUT2D eigenvalue weighted by Gasteiger charge is -2.25. The zero-order chi connectivity index (χ0) is 17.9. The highest BCUT2D eigenvalue weighted by Crippen LogP contribution is 2.21. The van der Waals surface area contributed by atoms with Gasteiger partial charge in [0.15, 0.2) is 0 Å². The first-order chi connectivity index (χ1) is 11.3. The number of nitrogens with zero attached hydrogens (tertiary/aromatic N) is 1. The summed E-state index contributed by atoms with van der Waals surface area (Å²) in [5.74, 6) is -2.74. The highest BCUT2D eigenvalue weighted by Gasteiger charge is 2.34. The quantitative estimate of drug-likeness (QED) is 0.578. The molecule has 0 radical (unpaired) electrons. The van der Waals surface area contributed by atoms with Crippen LogP contribution >= 0.6 is 25.3 Å². The Morgan fingerprint density at radius 1 is 0.875 bits per heavy atom. The van der Waals surface area contributed by atoms with Crippen LogP contribution in [0.5, 0.6) is 0 Å². The molecule has 0 aliphatic carbocycles. The number of aliphatic carboxylic acids is 1. The van der Waals surface area contributed by atoms with Gasteiger partial charge in [0.1, 0.15) is 6.04 Å². The molecule has 0 saturated carbocycles. The van der Waals surface area contributed by atoms with Gasteiger partial charge in [-0.1, -0.05) is 24.3 Å². The topological polar surface area (TPSA) is 74.7 Å². The SMILES string of the molecule is C[C@@H](C(=O)O)N(C(=O)c1ccccc1S)C(=O)c1ccccc1S. The van der Waals surface area contributed by atoms with Crippen LogP contribution in [0.25, 0.3) is 0 Å². The summed E-state index contributed by atoms with van der Waals surface area (Å²) >= 11 is 8.41. The Morgan fingerprint density at radius 2 is 1.25 bits per heavy atom. The fourth-order valence-corrected chi connectivity index (χ4v) is 2.64. The maximum absolute atomic E-state index is 12.8. The number of carboxylic acids is 1. The van der Waals surface area contributed by atoms with Crippen LogP contribution in [0.1, 0.15) is 27.6 Å². The molecule has 1 atom stereocenters. The summed E-state index contributed by atoms with van der Waals surface area (Å²) in [6.07, 6.45) is 0. The van der Waals surface area contributed by atoms with Crippen molar-refractivity contribution in [3.63, 3.8) is 0 Å². The molecule has 0 aliphatic heterocycles. The fraction of sp³-hybridized carbons (Fsp3) is 0.118. The van der Waals surface area contributed by atoms with Crippen molar-refractivity contribution >= 4 is 43.0 Å². The largest absolute Gasteiger partial charge is 0.480 e. The molecule has 0 saturated heterocycles. The van der Waals surface area contributed by atoms with Crippen molar-refractivity contribution in [3.05, 3.63) is 59.7 Å². The molecular formula is C17H15NO4S2. The average molecular weight is 361 g/mol. The number of amides is 2. The first-order valence-corrected chi connectivity index (χ1v) is 7.90. The number of benzene rings is 2. The standard InChI is InChI=1S/C17H15NO4S2/c1-10(17(21)22)18(15(19)11-6-2-4-8-13(11)23)16(20)12-7-3-5-9-14(12)24/h2-10,23-24H,1H3,(H,21,22)/t10-/m0/s1. The van der Waals surface area contributed by atoms with Gasteiger partial charge in [-0.3, -0.25) is 14.5 Å². The molecule has 1 N–H and O–H groups in total. The van der Waals surface area contributed by atoms with E-state index in [9.17, 15) is 19.5 Å². The minimum atomic E-state index is -1.34. The van der Waals surface area contributed by atoms with Gasteiger partial charge in [-0.15, -0.1) is 25.3 Å². The minimum Gasteiger partial charge on any atom is -0.480 e. The highest BCUT2D eigenvalue weighted by atomic mass is 32.1. The molecule has 5 nitrogen and oxygen atoms in total. The third-order valence-electron chi connectivity index (χ3n) is 3.45. The molecule has 0 fully saturated rings. The molecule has 2 aromatic carbocycles. The molecule has 0 aliphatic rings. The number of hydrogen-bond donors (Lipinski definition) is 3. The second-order valence-electron chi connectivity index (χ2n) is 5.03. The number of rotatable bonds is 4. The van der Waals surface area contributed by atoms with E-state index in [1.807, 2.05) is 0 Å². The van der Waals surface area contributed by atoms with Gasteiger partial charge in [-0.2, -0.15) is 0 Å². The van der Waals surface area contributed by atoms with Crippen LogP contribution in [0.2, 0.25) is 0 Å². The maximum atomic E-state index is 12.8. The maximum Gasteiger partial charge on any atom is 0.326 e. The van der Waals surface area contributed by atoms with Crippen LogP contribution in [0.15, 0.2) is 58.3 Å². The molecule has 0 spiro atoms. The molecular weight excluding hydrogens is 346 g/mol. The number of imide groups is 1. The molecule has 0 aromatic heterocycles. The third-order valence-corrected chi connectivity index (χ3v) is 4.23. The average Bonchev–Trinajstić information content (AvgIpc) is 2.55. The summed E-state index contributed by atoms with van der Waals surface area (Å²) in [5.41, 5.74) is 0.304. The lowest BCUT2D eigenvalue weighted by molar-refractivity contribution is -0.141. The third kappa shape index (κ3) is 3.63. The second-order valence-corrected chi connectivity index (χ2v) is 5.99. The van der Waals surface area contributed by atoms with E-state index in [2.05, 4.69) is 25.3 Å². The summed E-state index contributed by atoms with van der Waals surface area (Å²) < 4.78 is 0. The van der Waals surface area contributed by atoms with Crippen molar-refractivity contribution in [1.82, 2.24) is 4.90 Å². The van der Waals surface area contributed by atoms with Crippen molar-refractivity contribution in [1.29, 1.82) is 0 Å². The van der Waals surface area contributed by atoms with Crippen LogP contribution in [0.4, 0.5) is 0 Å². The van der Waals surface area contributed by atoms with Crippen LogP contribution in [0.3, 0.4) is 0 Å².